The first-order valence-electron chi connectivity index (χ1n) is 6.85. The van der Waals surface area contributed by atoms with Crippen LogP contribution in [0.4, 0.5) is 10.9 Å². The summed E-state index contributed by atoms with van der Waals surface area (Å²) in [6.07, 6.45) is 0. The summed E-state index contributed by atoms with van der Waals surface area (Å²) < 4.78 is 9.22. The van der Waals surface area contributed by atoms with Gasteiger partial charge in [-0.2, -0.15) is 9.47 Å². The van der Waals surface area contributed by atoms with E-state index in [0.717, 1.165) is 42.1 Å². The molecule has 1 N–H and O–H groups in total. The smallest absolute Gasteiger partial charge is 0.202 e. The van der Waals surface area contributed by atoms with Crippen molar-refractivity contribution in [2.45, 2.75) is 13.5 Å². The normalized spacial score (nSPS) is 15.0. The third kappa shape index (κ3) is 3.45. The van der Waals surface area contributed by atoms with Crippen LogP contribution in [0.25, 0.3) is 0 Å². The number of aromatic nitrogens is 4. The molecule has 0 unspecified atom stereocenters. The van der Waals surface area contributed by atoms with Gasteiger partial charge in [-0.15, -0.1) is 5.10 Å². The van der Waals surface area contributed by atoms with Gasteiger partial charge >= 0.3 is 0 Å². The van der Waals surface area contributed by atoms with E-state index >= 15 is 0 Å². The summed E-state index contributed by atoms with van der Waals surface area (Å²) in [5.41, 5.74) is 0.945. The molecule has 2 aromatic rings. The molecule has 112 valence electrons. The maximum Gasteiger partial charge on any atom is 0.202 e. The predicted molar refractivity (Wildman–Crippen MR) is 81.6 cm³/mol. The molecule has 7 nitrogen and oxygen atoms in total. The standard InChI is InChI=1S/C13H18N6OS/c1-9-3-4-12(17-16-9)19-6-10(7-19)5-14-13-15-11(8-20-2)18-21-13/h3-4,10H,5-8H2,1-2H3,(H,14,15,18). The van der Waals surface area contributed by atoms with E-state index in [1.165, 1.54) is 11.5 Å². The van der Waals surface area contributed by atoms with Crippen LogP contribution in [-0.4, -0.2) is 46.3 Å². The second kappa shape index (κ2) is 6.31. The number of nitrogens with zero attached hydrogens (tertiary/aromatic N) is 5. The summed E-state index contributed by atoms with van der Waals surface area (Å²) in [5.74, 6) is 2.29. The van der Waals surface area contributed by atoms with Crippen molar-refractivity contribution in [2.75, 3.05) is 37.0 Å². The van der Waals surface area contributed by atoms with Crippen LogP contribution in [0.3, 0.4) is 0 Å². The van der Waals surface area contributed by atoms with Crippen LogP contribution in [0.5, 0.6) is 0 Å². The van der Waals surface area contributed by atoms with E-state index in [-0.39, 0.29) is 0 Å². The van der Waals surface area contributed by atoms with Gasteiger partial charge in [0.25, 0.3) is 0 Å². The highest BCUT2D eigenvalue weighted by Crippen LogP contribution is 2.23. The summed E-state index contributed by atoms with van der Waals surface area (Å²) in [6.45, 7) is 5.29. The molecule has 3 rings (SSSR count). The maximum atomic E-state index is 5.00. The lowest BCUT2D eigenvalue weighted by Gasteiger charge is -2.39. The Labute approximate surface area is 127 Å². The van der Waals surface area contributed by atoms with Gasteiger partial charge < -0.3 is 15.0 Å². The van der Waals surface area contributed by atoms with Crippen molar-refractivity contribution in [1.29, 1.82) is 0 Å². The van der Waals surface area contributed by atoms with Crippen molar-refractivity contribution in [3.8, 4) is 0 Å². The number of rotatable bonds is 6. The van der Waals surface area contributed by atoms with E-state index in [0.29, 0.717) is 12.5 Å². The van der Waals surface area contributed by atoms with Gasteiger partial charge in [0.15, 0.2) is 11.6 Å². The molecule has 0 atom stereocenters. The highest BCUT2D eigenvalue weighted by molar-refractivity contribution is 7.09. The summed E-state index contributed by atoms with van der Waals surface area (Å²) in [7, 11) is 1.64. The van der Waals surface area contributed by atoms with Gasteiger partial charge in [0.1, 0.15) is 6.61 Å². The lowest BCUT2D eigenvalue weighted by molar-refractivity contribution is 0.179. The van der Waals surface area contributed by atoms with Crippen molar-refractivity contribution in [3.63, 3.8) is 0 Å². The Morgan fingerprint density at radius 1 is 1.38 bits per heavy atom. The van der Waals surface area contributed by atoms with E-state index in [9.17, 15) is 0 Å². The van der Waals surface area contributed by atoms with Crippen LogP contribution in [0.2, 0.25) is 0 Å². The van der Waals surface area contributed by atoms with Gasteiger partial charge in [0.05, 0.1) is 5.69 Å². The summed E-state index contributed by atoms with van der Waals surface area (Å²) >= 11 is 1.38. The fourth-order valence-electron chi connectivity index (χ4n) is 2.19. The van der Waals surface area contributed by atoms with E-state index in [2.05, 4.69) is 29.8 Å². The molecule has 0 amide bonds. The zero-order chi connectivity index (χ0) is 14.7. The van der Waals surface area contributed by atoms with E-state index in [1.807, 2.05) is 19.1 Å². The second-order valence-corrected chi connectivity index (χ2v) is 5.89. The van der Waals surface area contributed by atoms with E-state index < -0.39 is 0 Å². The Hall–Kier alpha value is -1.80. The van der Waals surface area contributed by atoms with Crippen LogP contribution in [0.1, 0.15) is 11.5 Å². The number of anilines is 2. The molecule has 0 spiro atoms. The maximum absolute atomic E-state index is 5.00. The monoisotopic (exact) mass is 306 g/mol. The molecule has 0 aromatic carbocycles. The van der Waals surface area contributed by atoms with Crippen molar-refractivity contribution >= 4 is 22.5 Å². The number of hydrogen-bond donors (Lipinski definition) is 1. The molecule has 0 aliphatic carbocycles. The minimum atomic E-state index is 0.460. The molecular weight excluding hydrogens is 288 g/mol. The first kappa shape index (κ1) is 14.2. The molecule has 0 saturated carbocycles. The zero-order valence-corrected chi connectivity index (χ0v) is 12.9. The Morgan fingerprint density at radius 2 is 2.24 bits per heavy atom. The minimum Gasteiger partial charge on any atom is -0.377 e. The van der Waals surface area contributed by atoms with Crippen LogP contribution in [0.15, 0.2) is 12.1 Å². The number of ether oxygens (including phenoxy) is 1. The zero-order valence-electron chi connectivity index (χ0n) is 12.1. The lowest BCUT2D eigenvalue weighted by atomic mass is 10.0. The van der Waals surface area contributed by atoms with E-state index in [4.69, 9.17) is 4.74 Å². The number of aryl methyl sites for hydroxylation is 1. The summed E-state index contributed by atoms with van der Waals surface area (Å²) in [6, 6.07) is 4.01. The number of methoxy groups -OCH3 is 1. The van der Waals surface area contributed by atoms with E-state index in [1.54, 1.807) is 7.11 Å². The first-order chi connectivity index (χ1) is 10.2. The Kier molecular flexibility index (Phi) is 4.26. The minimum absolute atomic E-state index is 0.460. The van der Waals surface area contributed by atoms with Gasteiger partial charge in [0.2, 0.25) is 5.13 Å². The molecule has 1 aliphatic heterocycles. The Balaban J connectivity index is 1.43. The Bertz CT molecular complexity index is 581. The molecule has 21 heavy (non-hydrogen) atoms. The quantitative estimate of drug-likeness (QED) is 0.862. The first-order valence-corrected chi connectivity index (χ1v) is 7.62. The van der Waals surface area contributed by atoms with Crippen LogP contribution >= 0.6 is 11.5 Å². The van der Waals surface area contributed by atoms with Crippen LogP contribution in [-0.2, 0) is 11.3 Å². The predicted octanol–water partition coefficient (Wildman–Crippen LogP) is 1.33. The second-order valence-electron chi connectivity index (χ2n) is 5.13. The largest absolute Gasteiger partial charge is 0.377 e. The van der Waals surface area contributed by atoms with Gasteiger partial charge in [-0.05, 0) is 19.1 Å². The average molecular weight is 306 g/mol. The summed E-state index contributed by atoms with van der Waals surface area (Å²) in [5, 5.41) is 12.5. The fourth-order valence-corrected chi connectivity index (χ4v) is 2.77. The molecule has 1 saturated heterocycles. The molecular formula is C13H18N6OS. The van der Waals surface area contributed by atoms with Crippen molar-refractivity contribution in [3.05, 3.63) is 23.7 Å². The molecule has 2 aromatic heterocycles. The SMILES string of the molecule is COCc1nsc(NCC2CN(c3ccc(C)nn3)C2)n1. The summed E-state index contributed by atoms with van der Waals surface area (Å²) in [4.78, 5) is 6.58. The third-order valence-electron chi connectivity index (χ3n) is 3.35. The fraction of sp³-hybridized carbons (Fsp3) is 0.538. The van der Waals surface area contributed by atoms with Crippen molar-refractivity contribution in [2.24, 2.45) is 5.92 Å². The molecule has 0 bridgehead atoms. The van der Waals surface area contributed by atoms with Crippen molar-refractivity contribution < 1.29 is 4.74 Å². The highest BCUT2D eigenvalue weighted by Gasteiger charge is 2.27. The third-order valence-corrected chi connectivity index (χ3v) is 4.06. The van der Waals surface area contributed by atoms with Gasteiger partial charge in [-0.3, -0.25) is 0 Å². The molecule has 3 heterocycles. The van der Waals surface area contributed by atoms with Gasteiger partial charge in [-0.25, -0.2) is 4.98 Å². The van der Waals surface area contributed by atoms with Gasteiger partial charge in [-0.1, -0.05) is 0 Å². The van der Waals surface area contributed by atoms with Crippen molar-refractivity contribution in [1.82, 2.24) is 19.6 Å². The Morgan fingerprint density at radius 3 is 2.95 bits per heavy atom. The molecule has 8 heteroatoms. The lowest BCUT2D eigenvalue weighted by Crippen LogP contribution is -2.50. The van der Waals surface area contributed by atoms with Gasteiger partial charge in [0, 0.05) is 44.2 Å². The molecule has 1 aliphatic rings. The average Bonchev–Trinajstić information content (AvgIpc) is 2.87. The molecule has 1 fully saturated rings. The molecule has 0 radical (unpaired) electrons. The highest BCUT2D eigenvalue weighted by atomic mass is 32.1. The number of hydrogen-bond acceptors (Lipinski definition) is 8. The van der Waals surface area contributed by atoms with Crippen LogP contribution < -0.4 is 10.2 Å². The van der Waals surface area contributed by atoms with Crippen LogP contribution in [0, 0.1) is 12.8 Å². The topological polar surface area (TPSA) is 76.1 Å². The number of nitrogens with one attached hydrogen (secondary N) is 1.